The van der Waals surface area contributed by atoms with Crippen molar-refractivity contribution in [2.45, 2.75) is 0 Å². The van der Waals surface area contributed by atoms with Crippen LogP contribution in [0.15, 0.2) is 29.1 Å². The molecule has 27 heavy (non-hydrogen) atoms. The van der Waals surface area contributed by atoms with E-state index in [4.69, 9.17) is 18.9 Å². The van der Waals surface area contributed by atoms with Gasteiger partial charge in [0, 0.05) is 23.6 Å². The van der Waals surface area contributed by atoms with Crippen LogP contribution in [0.25, 0.3) is 22.0 Å². The highest BCUT2D eigenvalue weighted by atomic mass is 16.7. The standard InChI is InChI=1S/C20H15NO6/c1-21-18-10-5-13(24-2)14(25-3)6-11(10)19(22)17(18)9-4-15-16(27-8-26-15)7-12(9)20(21)23/h4-7H,8H2,1-3H3. The first-order valence-electron chi connectivity index (χ1n) is 8.32. The normalized spacial score (nSPS) is 13.7. The summed E-state index contributed by atoms with van der Waals surface area (Å²) in [7, 11) is 4.70. The van der Waals surface area contributed by atoms with Gasteiger partial charge in [0.05, 0.1) is 30.9 Å². The van der Waals surface area contributed by atoms with E-state index in [1.807, 2.05) is 0 Å². The summed E-state index contributed by atoms with van der Waals surface area (Å²) in [5.74, 6) is 1.82. The molecule has 7 nitrogen and oxygen atoms in total. The number of carbonyl (C=O) groups is 1. The zero-order chi connectivity index (χ0) is 18.9. The molecule has 2 aromatic carbocycles. The van der Waals surface area contributed by atoms with Gasteiger partial charge in [0.25, 0.3) is 5.56 Å². The van der Waals surface area contributed by atoms with Crippen molar-refractivity contribution in [1.29, 1.82) is 0 Å². The molecule has 5 rings (SSSR count). The molecule has 0 spiro atoms. The third-order valence-corrected chi connectivity index (χ3v) is 5.14. The van der Waals surface area contributed by atoms with Crippen LogP contribution in [0.2, 0.25) is 0 Å². The Hall–Kier alpha value is -3.48. The minimum Gasteiger partial charge on any atom is -0.493 e. The first kappa shape index (κ1) is 15.7. The molecule has 0 amide bonds. The molecule has 0 unspecified atom stereocenters. The molecule has 1 aliphatic carbocycles. The van der Waals surface area contributed by atoms with E-state index in [9.17, 15) is 9.59 Å². The summed E-state index contributed by atoms with van der Waals surface area (Å²) >= 11 is 0. The number of carbonyl (C=O) groups excluding carboxylic acids is 1. The molecule has 2 heterocycles. The van der Waals surface area contributed by atoms with Gasteiger partial charge in [-0.15, -0.1) is 0 Å². The quantitative estimate of drug-likeness (QED) is 0.543. The number of ether oxygens (including phenoxy) is 4. The molecule has 0 N–H and O–H groups in total. The summed E-state index contributed by atoms with van der Waals surface area (Å²) in [6, 6.07) is 6.73. The molecular weight excluding hydrogens is 350 g/mol. The van der Waals surface area contributed by atoms with Gasteiger partial charge >= 0.3 is 0 Å². The van der Waals surface area contributed by atoms with Crippen LogP contribution in [-0.4, -0.2) is 31.4 Å². The van der Waals surface area contributed by atoms with E-state index in [2.05, 4.69) is 0 Å². The van der Waals surface area contributed by atoms with Gasteiger partial charge < -0.3 is 23.5 Å². The monoisotopic (exact) mass is 365 g/mol. The second-order valence-corrected chi connectivity index (χ2v) is 6.42. The van der Waals surface area contributed by atoms with Crippen molar-refractivity contribution in [2.75, 3.05) is 21.0 Å². The molecule has 1 aromatic heterocycles. The van der Waals surface area contributed by atoms with Crippen molar-refractivity contribution in [1.82, 2.24) is 4.57 Å². The Bertz CT molecular complexity index is 1220. The molecule has 0 saturated carbocycles. The third kappa shape index (κ3) is 1.91. The van der Waals surface area contributed by atoms with Gasteiger partial charge in [0.1, 0.15) is 0 Å². The molecule has 0 radical (unpaired) electrons. The van der Waals surface area contributed by atoms with E-state index in [-0.39, 0.29) is 18.1 Å². The smallest absolute Gasteiger partial charge is 0.258 e. The van der Waals surface area contributed by atoms with Crippen LogP contribution in [0.1, 0.15) is 15.9 Å². The first-order chi connectivity index (χ1) is 13.0. The van der Waals surface area contributed by atoms with Crippen molar-refractivity contribution >= 4 is 16.6 Å². The number of nitrogens with zero attached hydrogens (tertiary/aromatic N) is 1. The minimum absolute atomic E-state index is 0.0940. The summed E-state index contributed by atoms with van der Waals surface area (Å²) in [4.78, 5) is 26.2. The predicted octanol–water partition coefficient (Wildman–Crippen LogP) is 2.50. The maximum absolute atomic E-state index is 13.2. The summed E-state index contributed by atoms with van der Waals surface area (Å²) < 4.78 is 23.0. The van der Waals surface area contributed by atoms with Crippen LogP contribution in [0, 0.1) is 0 Å². The number of hydrogen-bond donors (Lipinski definition) is 0. The summed E-state index contributed by atoms with van der Waals surface area (Å²) in [5.41, 5.74) is 1.94. The lowest BCUT2D eigenvalue weighted by atomic mass is 10.0. The van der Waals surface area contributed by atoms with Crippen LogP contribution >= 0.6 is 0 Å². The number of methoxy groups -OCH3 is 2. The Kier molecular flexibility index (Phi) is 3.07. The van der Waals surface area contributed by atoms with Gasteiger partial charge in [-0.3, -0.25) is 9.59 Å². The lowest BCUT2D eigenvalue weighted by Gasteiger charge is -2.12. The van der Waals surface area contributed by atoms with Crippen LogP contribution in [-0.2, 0) is 7.05 Å². The van der Waals surface area contributed by atoms with Gasteiger partial charge in [0.2, 0.25) is 6.79 Å². The molecule has 0 atom stereocenters. The maximum atomic E-state index is 13.2. The zero-order valence-corrected chi connectivity index (χ0v) is 14.9. The number of ketones is 1. The molecule has 136 valence electrons. The van der Waals surface area contributed by atoms with E-state index in [1.54, 1.807) is 31.3 Å². The molecule has 0 fully saturated rings. The summed E-state index contributed by atoms with van der Waals surface area (Å²) in [5, 5.41) is 0.970. The van der Waals surface area contributed by atoms with Crippen molar-refractivity contribution < 1.29 is 23.7 Å². The fourth-order valence-corrected chi connectivity index (χ4v) is 3.85. The van der Waals surface area contributed by atoms with E-state index in [0.29, 0.717) is 56.2 Å². The van der Waals surface area contributed by atoms with Gasteiger partial charge in [-0.25, -0.2) is 0 Å². The third-order valence-electron chi connectivity index (χ3n) is 5.14. The largest absolute Gasteiger partial charge is 0.493 e. The number of aromatic nitrogens is 1. The van der Waals surface area contributed by atoms with Crippen LogP contribution in [0.4, 0.5) is 0 Å². The topological polar surface area (TPSA) is 76.0 Å². The summed E-state index contributed by atoms with van der Waals surface area (Å²) in [6.07, 6.45) is 0. The van der Waals surface area contributed by atoms with E-state index in [1.165, 1.54) is 18.8 Å². The van der Waals surface area contributed by atoms with E-state index >= 15 is 0 Å². The highest BCUT2D eigenvalue weighted by Gasteiger charge is 2.34. The highest BCUT2D eigenvalue weighted by molar-refractivity contribution is 6.27. The zero-order valence-electron chi connectivity index (χ0n) is 14.9. The maximum Gasteiger partial charge on any atom is 0.258 e. The molecular formula is C20H15NO6. The average molecular weight is 365 g/mol. The fourth-order valence-electron chi connectivity index (χ4n) is 3.85. The lowest BCUT2D eigenvalue weighted by Crippen LogP contribution is -2.20. The van der Waals surface area contributed by atoms with Gasteiger partial charge in [0.15, 0.2) is 28.8 Å². The van der Waals surface area contributed by atoms with Crippen LogP contribution < -0.4 is 24.5 Å². The van der Waals surface area contributed by atoms with Crippen molar-refractivity contribution in [3.8, 4) is 34.3 Å². The Morgan fingerprint density at radius 1 is 0.889 bits per heavy atom. The molecule has 7 heteroatoms. The van der Waals surface area contributed by atoms with Crippen LogP contribution in [0.3, 0.4) is 0 Å². The second-order valence-electron chi connectivity index (χ2n) is 6.42. The molecule has 1 aliphatic heterocycles. The lowest BCUT2D eigenvalue weighted by molar-refractivity contribution is 0.104. The first-order valence-corrected chi connectivity index (χ1v) is 8.32. The fraction of sp³-hybridized carbons (Fsp3) is 0.200. The van der Waals surface area contributed by atoms with Crippen LogP contribution in [0.5, 0.6) is 23.0 Å². The van der Waals surface area contributed by atoms with Gasteiger partial charge in [-0.2, -0.15) is 0 Å². The number of hydrogen-bond acceptors (Lipinski definition) is 6. The molecule has 2 aliphatic rings. The molecule has 0 bridgehead atoms. The number of benzene rings is 2. The minimum atomic E-state index is -0.211. The average Bonchev–Trinajstić information content (AvgIpc) is 3.25. The SMILES string of the molecule is COc1cc2c(cc1OC)-c1c(c3cc4c(cc3c(=O)n1C)OCO4)C2=O. The van der Waals surface area contributed by atoms with Gasteiger partial charge in [-0.1, -0.05) is 0 Å². The van der Waals surface area contributed by atoms with Gasteiger partial charge in [-0.05, 0) is 24.3 Å². The number of pyridine rings is 1. The molecule has 0 saturated heterocycles. The van der Waals surface area contributed by atoms with Crippen molar-refractivity contribution in [3.05, 3.63) is 45.7 Å². The Balaban J connectivity index is 1.91. The van der Waals surface area contributed by atoms with Crippen molar-refractivity contribution in [3.63, 3.8) is 0 Å². The molecule has 3 aromatic rings. The summed E-state index contributed by atoms with van der Waals surface area (Å²) in [6.45, 7) is 0.0940. The Morgan fingerprint density at radius 2 is 1.48 bits per heavy atom. The van der Waals surface area contributed by atoms with E-state index < -0.39 is 0 Å². The van der Waals surface area contributed by atoms with E-state index in [0.717, 1.165) is 0 Å². The Labute approximate surface area is 153 Å². The number of rotatable bonds is 2. The Morgan fingerprint density at radius 3 is 2.11 bits per heavy atom. The highest BCUT2D eigenvalue weighted by Crippen LogP contribution is 2.45. The predicted molar refractivity (Wildman–Crippen MR) is 97.3 cm³/mol. The van der Waals surface area contributed by atoms with Crippen molar-refractivity contribution in [2.24, 2.45) is 7.05 Å². The number of fused-ring (bicyclic) bond motifs is 6. The second kappa shape index (κ2) is 5.26.